The number of hydrogen-bond donors (Lipinski definition) is 0. The van der Waals surface area contributed by atoms with E-state index in [2.05, 4.69) is 57.2 Å². The summed E-state index contributed by atoms with van der Waals surface area (Å²) < 4.78 is 0. The Balaban J connectivity index is 0.00000144. The maximum Gasteiger partial charge on any atom is 1.00 e. The number of hydrogen-bond acceptors (Lipinski definition) is 0. The van der Waals surface area contributed by atoms with Gasteiger partial charge in [0.05, 0.1) is 8.07 Å². The second kappa shape index (κ2) is 6.37. The zero-order chi connectivity index (χ0) is 11.6. The van der Waals surface area contributed by atoms with Crippen molar-refractivity contribution in [2.45, 2.75) is 44.4 Å². The standard InChI is InChI=1S/C15H22Si.Na/c1-4-16(5-2,6-3)15-12-11-13-9-7-8-10-14(13)15;/h7-12,15H,4-6H2,1-3H3;/q;+1. The largest absolute Gasteiger partial charge is 1.00 e. The normalized spacial score (nSPS) is 17.7. The molecule has 1 aromatic carbocycles. The molecule has 1 aliphatic rings. The zero-order valence-electron chi connectivity index (χ0n) is 11.7. The van der Waals surface area contributed by atoms with Crippen molar-refractivity contribution in [2.75, 3.05) is 0 Å². The van der Waals surface area contributed by atoms with Crippen molar-refractivity contribution in [2.24, 2.45) is 0 Å². The number of rotatable bonds is 4. The summed E-state index contributed by atoms with van der Waals surface area (Å²) in [5, 5.41) is 0. The number of allylic oxidation sites excluding steroid dienone is 1. The predicted molar refractivity (Wildman–Crippen MR) is 75.4 cm³/mol. The second-order valence-electron chi connectivity index (χ2n) is 4.89. The van der Waals surface area contributed by atoms with Gasteiger partial charge in [0.15, 0.2) is 0 Å². The monoisotopic (exact) mass is 253 g/mol. The van der Waals surface area contributed by atoms with Crippen LogP contribution in [0.15, 0.2) is 30.3 Å². The zero-order valence-corrected chi connectivity index (χ0v) is 14.7. The summed E-state index contributed by atoms with van der Waals surface area (Å²) in [6, 6.07) is 13.2. The fourth-order valence-electron chi connectivity index (χ4n) is 3.19. The van der Waals surface area contributed by atoms with Crippen molar-refractivity contribution >= 4 is 14.1 Å². The Morgan fingerprint density at radius 2 is 1.59 bits per heavy atom. The third-order valence-corrected chi connectivity index (χ3v) is 10.6. The molecular formula is C15H22NaSi+. The molecule has 0 amide bonds. The van der Waals surface area contributed by atoms with Gasteiger partial charge in [0.1, 0.15) is 0 Å². The van der Waals surface area contributed by atoms with Crippen LogP contribution in [0.4, 0.5) is 0 Å². The molecule has 0 fully saturated rings. The minimum absolute atomic E-state index is 0. The molecule has 0 heterocycles. The molecule has 0 aromatic heterocycles. The molecule has 0 bridgehead atoms. The van der Waals surface area contributed by atoms with Gasteiger partial charge in [-0.15, -0.1) is 0 Å². The van der Waals surface area contributed by atoms with Crippen molar-refractivity contribution in [3.05, 3.63) is 41.5 Å². The SMILES string of the molecule is CC[Si](CC)(CC)C1C=Cc2ccccc21.[Na+]. The third-order valence-electron chi connectivity index (χ3n) is 4.57. The van der Waals surface area contributed by atoms with Crippen LogP contribution in [-0.4, -0.2) is 8.07 Å². The number of fused-ring (bicyclic) bond motifs is 1. The van der Waals surface area contributed by atoms with E-state index in [9.17, 15) is 0 Å². The molecule has 0 saturated heterocycles. The van der Waals surface area contributed by atoms with Gasteiger partial charge < -0.3 is 0 Å². The molecule has 0 N–H and O–H groups in total. The van der Waals surface area contributed by atoms with Crippen LogP contribution in [0.3, 0.4) is 0 Å². The first-order valence-electron chi connectivity index (χ1n) is 6.54. The predicted octanol–water partition coefficient (Wildman–Crippen LogP) is 1.85. The Kier molecular flexibility index (Phi) is 5.71. The molecule has 17 heavy (non-hydrogen) atoms. The van der Waals surface area contributed by atoms with Crippen LogP contribution in [0, 0.1) is 0 Å². The molecule has 86 valence electrons. The van der Waals surface area contributed by atoms with Crippen molar-refractivity contribution < 1.29 is 29.6 Å². The molecule has 1 atom stereocenters. The van der Waals surface area contributed by atoms with Crippen LogP contribution in [0.5, 0.6) is 0 Å². The Morgan fingerprint density at radius 1 is 1.00 bits per heavy atom. The first-order valence-corrected chi connectivity index (χ1v) is 9.24. The average Bonchev–Trinajstić information content (AvgIpc) is 2.77. The van der Waals surface area contributed by atoms with Crippen LogP contribution in [0.2, 0.25) is 18.1 Å². The van der Waals surface area contributed by atoms with E-state index in [1.165, 1.54) is 23.7 Å². The molecule has 2 rings (SSSR count). The Morgan fingerprint density at radius 3 is 2.18 bits per heavy atom. The molecule has 0 aliphatic heterocycles. The maximum absolute atomic E-state index is 2.48. The minimum atomic E-state index is -1.12. The topological polar surface area (TPSA) is 0 Å². The molecule has 1 aromatic rings. The van der Waals surface area contributed by atoms with Gasteiger partial charge in [-0.1, -0.05) is 75.3 Å². The van der Waals surface area contributed by atoms with E-state index in [1.807, 2.05) is 0 Å². The molecule has 0 radical (unpaired) electrons. The van der Waals surface area contributed by atoms with Gasteiger partial charge in [0.25, 0.3) is 0 Å². The van der Waals surface area contributed by atoms with E-state index in [0.717, 1.165) is 5.54 Å². The second-order valence-corrected chi connectivity index (χ2v) is 10.4. The van der Waals surface area contributed by atoms with E-state index in [4.69, 9.17) is 0 Å². The maximum atomic E-state index is 2.48. The third kappa shape index (κ3) is 2.63. The van der Waals surface area contributed by atoms with E-state index in [1.54, 1.807) is 5.56 Å². The van der Waals surface area contributed by atoms with Gasteiger partial charge in [-0.05, 0) is 16.7 Å². The Hall–Kier alpha value is 0.177. The summed E-state index contributed by atoms with van der Waals surface area (Å²) in [6.45, 7) is 7.19. The van der Waals surface area contributed by atoms with Gasteiger partial charge in [0, 0.05) is 0 Å². The molecule has 1 unspecified atom stereocenters. The van der Waals surface area contributed by atoms with Gasteiger partial charge in [-0.3, -0.25) is 0 Å². The first-order chi connectivity index (χ1) is 7.77. The van der Waals surface area contributed by atoms with E-state index in [-0.39, 0.29) is 29.6 Å². The molecule has 0 nitrogen and oxygen atoms in total. The van der Waals surface area contributed by atoms with Gasteiger partial charge in [0.2, 0.25) is 0 Å². The molecule has 1 aliphatic carbocycles. The van der Waals surface area contributed by atoms with Crippen LogP contribution in [-0.2, 0) is 0 Å². The molecule has 2 heteroatoms. The first kappa shape index (κ1) is 15.2. The van der Waals surface area contributed by atoms with Crippen molar-refractivity contribution in [1.82, 2.24) is 0 Å². The summed E-state index contributed by atoms with van der Waals surface area (Å²) in [6.07, 6.45) is 4.82. The Labute approximate surface area is 129 Å². The van der Waals surface area contributed by atoms with Gasteiger partial charge in [-0.25, -0.2) is 0 Å². The van der Waals surface area contributed by atoms with Gasteiger partial charge >= 0.3 is 29.6 Å². The van der Waals surface area contributed by atoms with Gasteiger partial charge in [-0.2, -0.15) is 0 Å². The quantitative estimate of drug-likeness (QED) is 0.719. The fraction of sp³-hybridized carbons (Fsp3) is 0.467. The molecule has 0 spiro atoms. The van der Waals surface area contributed by atoms with Crippen molar-refractivity contribution in [3.63, 3.8) is 0 Å². The smallest absolute Gasteiger partial charge is 0.0791 e. The fourth-order valence-corrected chi connectivity index (χ4v) is 7.44. The van der Waals surface area contributed by atoms with E-state index >= 15 is 0 Å². The van der Waals surface area contributed by atoms with Crippen LogP contribution < -0.4 is 29.6 Å². The van der Waals surface area contributed by atoms with E-state index in [0.29, 0.717) is 0 Å². The molecule has 0 saturated carbocycles. The van der Waals surface area contributed by atoms with Crippen LogP contribution >= 0.6 is 0 Å². The average molecular weight is 253 g/mol. The number of benzene rings is 1. The van der Waals surface area contributed by atoms with Crippen LogP contribution in [0.25, 0.3) is 6.08 Å². The summed E-state index contributed by atoms with van der Waals surface area (Å²) in [5.41, 5.74) is 3.82. The summed E-state index contributed by atoms with van der Waals surface area (Å²) >= 11 is 0. The van der Waals surface area contributed by atoms with Crippen molar-refractivity contribution in [3.8, 4) is 0 Å². The summed E-state index contributed by atoms with van der Waals surface area (Å²) in [5.74, 6) is 0. The minimum Gasteiger partial charge on any atom is -0.0791 e. The summed E-state index contributed by atoms with van der Waals surface area (Å²) in [4.78, 5) is 0. The molecular weight excluding hydrogens is 231 g/mol. The van der Waals surface area contributed by atoms with E-state index < -0.39 is 8.07 Å². The van der Waals surface area contributed by atoms with Crippen LogP contribution in [0.1, 0.15) is 37.4 Å². The Bertz CT molecular complexity index is 385. The van der Waals surface area contributed by atoms with Crippen molar-refractivity contribution in [1.29, 1.82) is 0 Å². The summed E-state index contributed by atoms with van der Waals surface area (Å²) in [7, 11) is -1.12.